The Kier molecular flexibility index (Phi) is 18.4. The molecule has 0 aliphatic carbocycles. The molecule has 0 N–H and O–H groups in total. The lowest BCUT2D eigenvalue weighted by atomic mass is 9.78. The van der Waals surface area contributed by atoms with Gasteiger partial charge in [0.1, 0.15) is 5.66 Å². The summed E-state index contributed by atoms with van der Waals surface area (Å²) in [5.41, 5.74) is 2.87. The van der Waals surface area contributed by atoms with E-state index in [1.165, 1.54) is 133 Å². The third-order valence-electron chi connectivity index (χ3n) is 10.2. The Labute approximate surface area is 273 Å². The summed E-state index contributed by atoms with van der Waals surface area (Å²) in [6.07, 6.45) is 33.7. The van der Waals surface area contributed by atoms with Crippen LogP contribution < -0.4 is 0 Å². The molecule has 2 unspecified atom stereocenters. The summed E-state index contributed by atoms with van der Waals surface area (Å²) in [7, 11) is 0. The van der Waals surface area contributed by atoms with Crippen LogP contribution in [0.1, 0.15) is 166 Å². The van der Waals surface area contributed by atoms with Crippen molar-refractivity contribution in [2.24, 2.45) is 0 Å². The minimum atomic E-state index is -0.0539. The molecule has 1 aliphatic rings. The smallest absolute Gasteiger partial charge is 0.123 e. The van der Waals surface area contributed by atoms with E-state index in [1.54, 1.807) is 0 Å². The van der Waals surface area contributed by atoms with Crippen LogP contribution in [-0.2, 0) is 6.42 Å². The first-order chi connectivity index (χ1) is 21.8. The predicted octanol–water partition coefficient (Wildman–Crippen LogP) is 12.7. The Hall–Kier alpha value is -2.22. The number of rotatable bonds is 26. The lowest BCUT2D eigenvalue weighted by Gasteiger charge is -2.51. The van der Waals surface area contributed by atoms with Gasteiger partial charge in [0.25, 0.3) is 0 Å². The maximum Gasteiger partial charge on any atom is 0.123 e. The second-order valence-electron chi connectivity index (χ2n) is 13.6. The fraction of sp³-hybridized carbons (Fsp3) is 0.667. The van der Waals surface area contributed by atoms with Crippen molar-refractivity contribution in [1.29, 1.82) is 0 Å². The van der Waals surface area contributed by atoms with Crippen LogP contribution >= 0.6 is 0 Å². The predicted molar refractivity (Wildman–Crippen MR) is 194 cm³/mol. The first-order valence-electron chi connectivity index (χ1n) is 19.1. The highest BCUT2D eigenvalue weighted by Crippen LogP contribution is 2.45. The van der Waals surface area contributed by atoms with Gasteiger partial charge in [-0.25, -0.2) is 0 Å². The molecule has 0 bridgehead atoms. The fourth-order valence-corrected chi connectivity index (χ4v) is 7.59. The van der Waals surface area contributed by atoms with Gasteiger partial charge in [-0.3, -0.25) is 0 Å². The summed E-state index contributed by atoms with van der Waals surface area (Å²) in [4.78, 5) is 5.47. The number of hydrogen-bond donors (Lipinski definition) is 0. The lowest BCUT2D eigenvalue weighted by Crippen LogP contribution is -2.59. The molecule has 0 saturated heterocycles. The van der Waals surface area contributed by atoms with Crippen LogP contribution in [0.25, 0.3) is 0 Å². The van der Waals surface area contributed by atoms with Crippen molar-refractivity contribution in [2.75, 3.05) is 13.1 Å². The topological polar surface area (TPSA) is 6.48 Å². The monoisotopic (exact) mass is 601 g/mol. The lowest BCUT2D eigenvalue weighted by molar-refractivity contribution is -0.00355. The molecular formula is C42H68N2. The zero-order valence-electron chi connectivity index (χ0n) is 29.2. The van der Waals surface area contributed by atoms with Crippen LogP contribution in [0.3, 0.4) is 0 Å². The number of unbranched alkanes of at least 4 members (excludes halogenated alkanes) is 17. The summed E-state index contributed by atoms with van der Waals surface area (Å²) < 4.78 is 0. The van der Waals surface area contributed by atoms with Gasteiger partial charge in [0.15, 0.2) is 0 Å². The molecule has 2 heteroatoms. The molecule has 0 amide bonds. The Balaban J connectivity index is 1.46. The van der Waals surface area contributed by atoms with Gasteiger partial charge in [0.2, 0.25) is 0 Å². The molecule has 2 atom stereocenters. The van der Waals surface area contributed by atoms with E-state index in [2.05, 4.69) is 104 Å². The summed E-state index contributed by atoms with van der Waals surface area (Å²) in [6, 6.07) is 22.6. The van der Waals surface area contributed by atoms with Crippen molar-refractivity contribution < 1.29 is 0 Å². The number of nitrogens with zero attached hydrogens (tertiary/aromatic N) is 2. The third-order valence-corrected chi connectivity index (χ3v) is 10.2. The summed E-state index contributed by atoms with van der Waals surface area (Å²) in [5, 5.41) is 0. The maximum absolute atomic E-state index is 2.75. The first kappa shape index (κ1) is 36.3. The molecular weight excluding hydrogens is 532 g/mol. The van der Waals surface area contributed by atoms with Gasteiger partial charge >= 0.3 is 0 Å². The van der Waals surface area contributed by atoms with Gasteiger partial charge in [-0.2, -0.15) is 0 Å². The molecule has 0 saturated carbocycles. The van der Waals surface area contributed by atoms with Gasteiger partial charge in [-0.05, 0) is 30.4 Å². The Morgan fingerprint density at radius 3 is 1.34 bits per heavy atom. The Bertz CT molecular complexity index is 970. The molecule has 44 heavy (non-hydrogen) atoms. The van der Waals surface area contributed by atoms with Crippen molar-refractivity contribution in [3.8, 4) is 0 Å². The van der Waals surface area contributed by atoms with Gasteiger partial charge in [-0.1, -0.05) is 191 Å². The zero-order valence-corrected chi connectivity index (χ0v) is 29.2. The first-order valence-corrected chi connectivity index (χ1v) is 19.1. The van der Waals surface area contributed by atoms with Crippen molar-refractivity contribution in [1.82, 2.24) is 9.80 Å². The highest BCUT2D eigenvalue weighted by molar-refractivity contribution is 5.30. The van der Waals surface area contributed by atoms with E-state index in [0.717, 1.165) is 25.9 Å². The van der Waals surface area contributed by atoms with E-state index in [-0.39, 0.29) is 5.66 Å². The van der Waals surface area contributed by atoms with Crippen LogP contribution in [0, 0.1) is 0 Å². The minimum Gasteiger partial charge on any atom is -0.353 e. The molecule has 2 nitrogen and oxygen atoms in total. The standard InChI is InChI=1S/C42H68N2/c1-4-7-9-10-11-12-13-14-15-16-17-18-19-20-21-22-29-35-44-37-36-43(34-8-5-2)42(44,38-39-30-25-23-26-31-39)41(6-3)40-32-27-24-28-33-40/h23-28,30-33,36-37,41H,4-22,29,34-35,38H2,1-3H3. The van der Waals surface area contributed by atoms with Crippen LogP contribution in [0.4, 0.5) is 0 Å². The van der Waals surface area contributed by atoms with Crippen molar-refractivity contribution in [2.45, 2.75) is 167 Å². The molecule has 0 aromatic heterocycles. The fourth-order valence-electron chi connectivity index (χ4n) is 7.59. The Morgan fingerprint density at radius 1 is 0.477 bits per heavy atom. The molecule has 2 aromatic carbocycles. The molecule has 0 radical (unpaired) electrons. The van der Waals surface area contributed by atoms with Gasteiger partial charge in [-0.15, -0.1) is 0 Å². The van der Waals surface area contributed by atoms with Crippen LogP contribution in [0.5, 0.6) is 0 Å². The third kappa shape index (κ3) is 11.9. The molecule has 3 rings (SSSR count). The zero-order chi connectivity index (χ0) is 31.1. The highest BCUT2D eigenvalue weighted by atomic mass is 15.4. The maximum atomic E-state index is 2.75. The highest BCUT2D eigenvalue weighted by Gasteiger charge is 2.49. The van der Waals surface area contributed by atoms with Gasteiger partial charge < -0.3 is 9.80 Å². The average molecular weight is 601 g/mol. The van der Waals surface area contributed by atoms with E-state index >= 15 is 0 Å². The number of hydrogen-bond acceptors (Lipinski definition) is 2. The summed E-state index contributed by atoms with van der Waals surface area (Å²) >= 11 is 0. The summed E-state index contributed by atoms with van der Waals surface area (Å²) in [6.45, 7) is 9.30. The van der Waals surface area contributed by atoms with E-state index in [4.69, 9.17) is 0 Å². The van der Waals surface area contributed by atoms with Crippen molar-refractivity contribution in [3.63, 3.8) is 0 Å². The SMILES string of the molecule is CCCCCCCCCCCCCCCCCCCN1C=CN(CCCC)C1(Cc1ccccc1)C(CC)c1ccccc1. The van der Waals surface area contributed by atoms with Crippen LogP contribution in [0.2, 0.25) is 0 Å². The quantitative estimate of drug-likeness (QED) is 0.0991. The van der Waals surface area contributed by atoms with Crippen LogP contribution in [-0.4, -0.2) is 28.6 Å². The van der Waals surface area contributed by atoms with Gasteiger partial charge in [0.05, 0.1) is 0 Å². The Morgan fingerprint density at radius 2 is 0.886 bits per heavy atom. The van der Waals surface area contributed by atoms with E-state index in [1.807, 2.05) is 0 Å². The number of benzene rings is 2. The molecule has 1 heterocycles. The second-order valence-corrected chi connectivity index (χ2v) is 13.6. The van der Waals surface area contributed by atoms with E-state index < -0.39 is 0 Å². The molecule has 2 aromatic rings. The largest absolute Gasteiger partial charge is 0.353 e. The molecule has 246 valence electrons. The molecule has 0 fully saturated rings. The van der Waals surface area contributed by atoms with Gasteiger partial charge in [0, 0.05) is 37.8 Å². The van der Waals surface area contributed by atoms with E-state index in [0.29, 0.717) is 5.92 Å². The van der Waals surface area contributed by atoms with Crippen molar-refractivity contribution >= 4 is 0 Å². The van der Waals surface area contributed by atoms with Crippen molar-refractivity contribution in [3.05, 3.63) is 84.2 Å². The normalized spacial score (nSPS) is 17.1. The second kappa shape index (κ2) is 22.3. The van der Waals surface area contributed by atoms with E-state index in [9.17, 15) is 0 Å². The average Bonchev–Trinajstić information content (AvgIpc) is 3.39. The molecule has 0 spiro atoms. The molecule has 1 aliphatic heterocycles. The summed E-state index contributed by atoms with van der Waals surface area (Å²) in [5.74, 6) is 0.446. The minimum absolute atomic E-state index is 0.0539. The van der Waals surface area contributed by atoms with Crippen LogP contribution in [0.15, 0.2) is 73.1 Å².